The van der Waals surface area contributed by atoms with Crippen LogP contribution in [-0.2, 0) is 25.5 Å². The van der Waals surface area contributed by atoms with Crippen LogP contribution in [0.1, 0.15) is 45.6 Å². The molecule has 0 aromatic heterocycles. The zero-order chi connectivity index (χ0) is 19.3. The van der Waals surface area contributed by atoms with Crippen molar-refractivity contribution in [1.82, 2.24) is 0 Å². The number of hydrogen-bond donors (Lipinski definition) is 0. The summed E-state index contributed by atoms with van der Waals surface area (Å²) in [6.07, 6.45) is 2.97. The highest BCUT2D eigenvalue weighted by atomic mass is 35.5. The monoisotopic (exact) mass is 400 g/mol. The second-order valence-electron chi connectivity index (χ2n) is 7.43. The van der Waals surface area contributed by atoms with Crippen LogP contribution >= 0.6 is 23.2 Å². The molecule has 0 amide bonds. The number of esters is 2. The highest BCUT2D eigenvalue weighted by Gasteiger charge is 2.33. The third-order valence-electron chi connectivity index (χ3n) is 4.95. The summed E-state index contributed by atoms with van der Waals surface area (Å²) in [5.74, 6) is 0.333. The standard InChI is InChI=1S/C20H26Cl2O4/c1-12(2)16-7-4-13(3)8-18(16)26-20(24)11-25-19(23)9-14-5-6-15(21)10-17(14)22/h5-6,10,12-13,16,18H,4,7-9,11H2,1-3H3. The Labute approximate surface area is 165 Å². The van der Waals surface area contributed by atoms with Crippen molar-refractivity contribution in [2.75, 3.05) is 6.61 Å². The Kier molecular flexibility index (Phi) is 7.78. The molecule has 2 rings (SSSR count). The molecule has 0 spiro atoms. The minimum Gasteiger partial charge on any atom is -0.460 e. The van der Waals surface area contributed by atoms with Gasteiger partial charge >= 0.3 is 11.9 Å². The molecule has 3 atom stereocenters. The van der Waals surface area contributed by atoms with Crippen LogP contribution in [0.4, 0.5) is 0 Å². The van der Waals surface area contributed by atoms with Gasteiger partial charge in [-0.1, -0.05) is 56.5 Å². The van der Waals surface area contributed by atoms with Crippen LogP contribution in [0.3, 0.4) is 0 Å². The Morgan fingerprint density at radius 3 is 2.58 bits per heavy atom. The Morgan fingerprint density at radius 2 is 1.92 bits per heavy atom. The lowest BCUT2D eigenvalue weighted by Crippen LogP contribution is -2.36. The number of halogens is 2. The van der Waals surface area contributed by atoms with E-state index in [2.05, 4.69) is 20.8 Å². The van der Waals surface area contributed by atoms with Crippen molar-refractivity contribution < 1.29 is 19.1 Å². The van der Waals surface area contributed by atoms with Gasteiger partial charge < -0.3 is 9.47 Å². The molecule has 4 nitrogen and oxygen atoms in total. The summed E-state index contributed by atoms with van der Waals surface area (Å²) in [6, 6.07) is 4.89. The van der Waals surface area contributed by atoms with E-state index in [0.717, 1.165) is 19.3 Å². The van der Waals surface area contributed by atoms with Crippen molar-refractivity contribution >= 4 is 35.1 Å². The summed E-state index contributed by atoms with van der Waals surface area (Å²) in [6.45, 7) is 6.10. The largest absolute Gasteiger partial charge is 0.460 e. The lowest BCUT2D eigenvalue weighted by atomic mass is 9.75. The molecule has 1 aromatic rings. The first kappa shape index (κ1) is 21.0. The van der Waals surface area contributed by atoms with Gasteiger partial charge in [-0.2, -0.15) is 0 Å². The van der Waals surface area contributed by atoms with E-state index in [1.54, 1.807) is 18.2 Å². The molecule has 0 N–H and O–H groups in total. The summed E-state index contributed by atoms with van der Waals surface area (Å²) in [4.78, 5) is 24.1. The van der Waals surface area contributed by atoms with E-state index in [1.807, 2.05) is 0 Å². The number of benzene rings is 1. The van der Waals surface area contributed by atoms with Gasteiger partial charge in [0.1, 0.15) is 6.10 Å². The van der Waals surface area contributed by atoms with Crippen LogP contribution < -0.4 is 0 Å². The molecule has 0 heterocycles. The molecule has 3 unspecified atom stereocenters. The SMILES string of the molecule is CC1CCC(C(C)C)C(OC(=O)COC(=O)Cc2ccc(Cl)cc2Cl)C1. The van der Waals surface area contributed by atoms with Gasteiger partial charge in [-0.25, -0.2) is 4.79 Å². The summed E-state index contributed by atoms with van der Waals surface area (Å²) in [7, 11) is 0. The van der Waals surface area contributed by atoms with Gasteiger partial charge in [-0.05, 0) is 48.3 Å². The fourth-order valence-electron chi connectivity index (χ4n) is 3.46. The van der Waals surface area contributed by atoms with Crippen LogP contribution in [0.25, 0.3) is 0 Å². The van der Waals surface area contributed by atoms with E-state index in [0.29, 0.717) is 33.4 Å². The Balaban J connectivity index is 1.82. The number of ether oxygens (including phenoxy) is 2. The summed E-state index contributed by atoms with van der Waals surface area (Å²) in [5, 5.41) is 0.894. The predicted molar refractivity (Wildman–Crippen MR) is 102 cm³/mol. The summed E-state index contributed by atoms with van der Waals surface area (Å²) >= 11 is 11.9. The first-order valence-electron chi connectivity index (χ1n) is 9.05. The number of carbonyl (C=O) groups excluding carboxylic acids is 2. The van der Waals surface area contributed by atoms with Gasteiger partial charge in [0.2, 0.25) is 0 Å². The maximum Gasteiger partial charge on any atom is 0.344 e. The molecular weight excluding hydrogens is 375 g/mol. The number of hydrogen-bond acceptors (Lipinski definition) is 4. The van der Waals surface area contributed by atoms with E-state index < -0.39 is 11.9 Å². The molecule has 0 bridgehead atoms. The van der Waals surface area contributed by atoms with Crippen molar-refractivity contribution in [3.05, 3.63) is 33.8 Å². The predicted octanol–water partition coefficient (Wildman–Crippen LogP) is 5.08. The molecule has 144 valence electrons. The van der Waals surface area contributed by atoms with Crippen LogP contribution in [0.15, 0.2) is 18.2 Å². The second-order valence-corrected chi connectivity index (χ2v) is 8.27. The van der Waals surface area contributed by atoms with E-state index in [4.69, 9.17) is 32.7 Å². The first-order valence-corrected chi connectivity index (χ1v) is 9.81. The second kappa shape index (κ2) is 9.61. The van der Waals surface area contributed by atoms with Crippen molar-refractivity contribution in [2.45, 2.75) is 52.6 Å². The molecule has 1 saturated carbocycles. The van der Waals surface area contributed by atoms with Crippen molar-refractivity contribution in [2.24, 2.45) is 17.8 Å². The fraction of sp³-hybridized carbons (Fsp3) is 0.600. The van der Waals surface area contributed by atoms with Gasteiger partial charge in [0.25, 0.3) is 0 Å². The Morgan fingerprint density at radius 1 is 1.19 bits per heavy atom. The van der Waals surface area contributed by atoms with Crippen molar-refractivity contribution in [3.63, 3.8) is 0 Å². The fourth-order valence-corrected chi connectivity index (χ4v) is 3.94. The van der Waals surface area contributed by atoms with Gasteiger partial charge in [0.05, 0.1) is 6.42 Å². The van der Waals surface area contributed by atoms with E-state index in [9.17, 15) is 9.59 Å². The van der Waals surface area contributed by atoms with Crippen LogP contribution in [0.2, 0.25) is 10.0 Å². The Bertz CT molecular complexity index is 645. The highest BCUT2D eigenvalue weighted by molar-refractivity contribution is 6.35. The van der Waals surface area contributed by atoms with Gasteiger partial charge in [0, 0.05) is 10.0 Å². The van der Waals surface area contributed by atoms with Gasteiger partial charge in [-0.3, -0.25) is 4.79 Å². The molecule has 1 fully saturated rings. The average molecular weight is 401 g/mol. The maximum absolute atomic E-state index is 12.1. The zero-order valence-corrected chi connectivity index (χ0v) is 17.0. The maximum atomic E-state index is 12.1. The molecule has 0 radical (unpaired) electrons. The summed E-state index contributed by atoms with van der Waals surface area (Å²) in [5.41, 5.74) is 0.607. The van der Waals surface area contributed by atoms with E-state index in [-0.39, 0.29) is 19.1 Å². The van der Waals surface area contributed by atoms with Crippen molar-refractivity contribution in [3.8, 4) is 0 Å². The van der Waals surface area contributed by atoms with Gasteiger partial charge in [0.15, 0.2) is 6.61 Å². The molecule has 0 saturated heterocycles. The molecule has 1 aromatic carbocycles. The quantitative estimate of drug-likeness (QED) is 0.624. The van der Waals surface area contributed by atoms with Gasteiger partial charge in [-0.15, -0.1) is 0 Å². The smallest absolute Gasteiger partial charge is 0.344 e. The Hall–Kier alpha value is -1.26. The topological polar surface area (TPSA) is 52.6 Å². The molecule has 1 aliphatic carbocycles. The molecule has 1 aliphatic rings. The van der Waals surface area contributed by atoms with Crippen LogP contribution in [0.5, 0.6) is 0 Å². The molecule has 0 aliphatic heterocycles. The highest BCUT2D eigenvalue weighted by Crippen LogP contribution is 2.35. The van der Waals surface area contributed by atoms with Crippen LogP contribution in [0, 0.1) is 17.8 Å². The minimum atomic E-state index is -0.524. The van der Waals surface area contributed by atoms with Crippen LogP contribution in [-0.4, -0.2) is 24.6 Å². The lowest BCUT2D eigenvalue weighted by molar-refractivity contribution is -0.166. The lowest BCUT2D eigenvalue weighted by Gasteiger charge is -2.36. The van der Waals surface area contributed by atoms with E-state index >= 15 is 0 Å². The minimum absolute atomic E-state index is 0.0155. The third-order valence-corrected chi connectivity index (χ3v) is 5.53. The van der Waals surface area contributed by atoms with E-state index in [1.165, 1.54) is 0 Å². The number of rotatable bonds is 6. The number of carbonyl (C=O) groups is 2. The average Bonchev–Trinajstić information content (AvgIpc) is 2.55. The third kappa shape index (κ3) is 6.17. The molecule has 6 heteroatoms. The zero-order valence-electron chi connectivity index (χ0n) is 15.5. The first-order chi connectivity index (χ1) is 12.3. The molecular formula is C20H26Cl2O4. The normalized spacial score (nSPS) is 22.9. The molecule has 26 heavy (non-hydrogen) atoms. The van der Waals surface area contributed by atoms with Crippen molar-refractivity contribution in [1.29, 1.82) is 0 Å². The summed E-state index contributed by atoms with van der Waals surface area (Å²) < 4.78 is 10.7.